The van der Waals surface area contributed by atoms with E-state index in [9.17, 15) is 14.7 Å². The summed E-state index contributed by atoms with van der Waals surface area (Å²) in [5, 5.41) is 9.72. The number of aliphatic hydroxyl groups excluding tert-OH is 1. The molecule has 2 aromatic carbocycles. The lowest BCUT2D eigenvalue weighted by atomic mass is 9.89. The fraction of sp³-hybridized carbons (Fsp3) is 0.222. The summed E-state index contributed by atoms with van der Waals surface area (Å²) in [5.41, 5.74) is 3.74. The first-order valence-corrected chi connectivity index (χ1v) is 7.43. The smallest absolute Gasteiger partial charge is 0.266 e. The van der Waals surface area contributed by atoms with Crippen LogP contribution in [0.2, 0.25) is 0 Å². The number of hydrogen-bond acceptors (Lipinski definition) is 3. The molecule has 1 unspecified atom stereocenters. The zero-order chi connectivity index (χ0) is 15.3. The first-order valence-electron chi connectivity index (χ1n) is 7.43. The van der Waals surface area contributed by atoms with E-state index in [4.69, 9.17) is 0 Å². The summed E-state index contributed by atoms with van der Waals surface area (Å²) < 4.78 is 0. The van der Waals surface area contributed by atoms with Crippen molar-refractivity contribution in [1.82, 2.24) is 0 Å². The molecule has 1 heterocycles. The number of amides is 2. The number of nitrogens with zero attached hydrogens (tertiary/aromatic N) is 1. The van der Waals surface area contributed by atoms with Crippen LogP contribution >= 0.6 is 0 Å². The molecule has 0 spiro atoms. The Bertz CT molecular complexity index is 762. The van der Waals surface area contributed by atoms with Crippen molar-refractivity contribution < 1.29 is 14.7 Å². The van der Waals surface area contributed by atoms with Crippen molar-refractivity contribution in [2.75, 3.05) is 4.90 Å². The van der Waals surface area contributed by atoms with Crippen LogP contribution in [0.3, 0.4) is 0 Å². The van der Waals surface area contributed by atoms with Crippen LogP contribution in [0.5, 0.6) is 0 Å². The molecule has 1 aliphatic carbocycles. The molecule has 1 aliphatic heterocycles. The molecule has 2 aromatic rings. The maximum absolute atomic E-state index is 12.5. The highest BCUT2D eigenvalue weighted by Crippen LogP contribution is 2.31. The monoisotopic (exact) mass is 293 g/mol. The van der Waals surface area contributed by atoms with Crippen molar-refractivity contribution in [2.45, 2.75) is 25.4 Å². The molecule has 2 amide bonds. The Morgan fingerprint density at radius 3 is 2.32 bits per heavy atom. The van der Waals surface area contributed by atoms with Gasteiger partial charge in [-0.05, 0) is 54.7 Å². The van der Waals surface area contributed by atoms with Gasteiger partial charge in [-0.3, -0.25) is 9.59 Å². The number of aryl methyl sites for hydroxylation is 1. The highest BCUT2D eigenvalue weighted by atomic mass is 16.3. The minimum absolute atomic E-state index is 0.267. The number of imide groups is 1. The van der Waals surface area contributed by atoms with Crippen molar-refractivity contribution in [3.8, 4) is 0 Å². The number of fused-ring (bicyclic) bond motifs is 2. The van der Waals surface area contributed by atoms with Gasteiger partial charge in [0, 0.05) is 0 Å². The number of aliphatic hydroxyl groups is 1. The first kappa shape index (κ1) is 13.2. The number of anilines is 1. The normalized spacial score (nSPS) is 20.0. The topological polar surface area (TPSA) is 57.6 Å². The summed E-state index contributed by atoms with van der Waals surface area (Å²) >= 11 is 0. The zero-order valence-electron chi connectivity index (χ0n) is 12.0. The molecule has 2 aliphatic rings. The Kier molecular flexibility index (Phi) is 2.87. The molecule has 0 bridgehead atoms. The molecule has 110 valence electrons. The van der Waals surface area contributed by atoms with Crippen molar-refractivity contribution in [3.63, 3.8) is 0 Å². The average Bonchev–Trinajstić information content (AvgIpc) is 2.79. The van der Waals surface area contributed by atoms with E-state index < -0.39 is 0 Å². The molecular formula is C18H15NO3. The second-order valence-corrected chi connectivity index (χ2v) is 5.84. The molecule has 4 rings (SSSR count). The van der Waals surface area contributed by atoms with Gasteiger partial charge in [0.2, 0.25) is 0 Å². The molecule has 4 heteroatoms. The SMILES string of the molecule is O=C1c2ccccc2C(=O)N1c1ccc2c(c1)CCC(O)C2. The molecule has 0 fully saturated rings. The summed E-state index contributed by atoms with van der Waals surface area (Å²) in [7, 11) is 0. The van der Waals surface area contributed by atoms with E-state index in [0.717, 1.165) is 24.0 Å². The van der Waals surface area contributed by atoms with Crippen LogP contribution in [0.25, 0.3) is 0 Å². The zero-order valence-corrected chi connectivity index (χ0v) is 12.0. The maximum atomic E-state index is 12.5. The second-order valence-electron chi connectivity index (χ2n) is 5.84. The quantitative estimate of drug-likeness (QED) is 0.821. The Balaban J connectivity index is 1.75. The van der Waals surface area contributed by atoms with Gasteiger partial charge in [-0.2, -0.15) is 0 Å². The Labute approximate surface area is 128 Å². The van der Waals surface area contributed by atoms with Crippen LogP contribution in [-0.4, -0.2) is 23.0 Å². The van der Waals surface area contributed by atoms with Gasteiger partial charge in [-0.15, -0.1) is 0 Å². The Morgan fingerprint density at radius 2 is 1.64 bits per heavy atom. The van der Waals surface area contributed by atoms with Crippen LogP contribution < -0.4 is 4.90 Å². The van der Waals surface area contributed by atoms with E-state index in [2.05, 4.69) is 0 Å². The number of carbonyl (C=O) groups is 2. The number of hydrogen-bond donors (Lipinski definition) is 1. The van der Waals surface area contributed by atoms with Crippen LogP contribution in [0.15, 0.2) is 42.5 Å². The average molecular weight is 293 g/mol. The molecule has 22 heavy (non-hydrogen) atoms. The minimum atomic E-state index is -0.294. The Hall–Kier alpha value is -2.46. The van der Waals surface area contributed by atoms with E-state index in [1.165, 1.54) is 4.90 Å². The molecule has 0 saturated carbocycles. The highest BCUT2D eigenvalue weighted by molar-refractivity contribution is 6.34. The predicted octanol–water partition coefficient (Wildman–Crippen LogP) is 2.34. The summed E-state index contributed by atoms with van der Waals surface area (Å²) in [6.45, 7) is 0. The third kappa shape index (κ3) is 1.88. The fourth-order valence-electron chi connectivity index (χ4n) is 3.29. The highest BCUT2D eigenvalue weighted by Gasteiger charge is 2.36. The number of benzene rings is 2. The standard InChI is InChI=1S/C18H15NO3/c20-14-8-6-11-9-13(7-5-12(11)10-14)19-17(21)15-3-1-2-4-16(15)18(19)22/h1-5,7,9,14,20H,6,8,10H2. The first-order chi connectivity index (χ1) is 10.6. The molecule has 1 N–H and O–H groups in total. The molecule has 0 aromatic heterocycles. The van der Waals surface area contributed by atoms with Gasteiger partial charge in [0.05, 0.1) is 22.9 Å². The molecule has 0 saturated heterocycles. The van der Waals surface area contributed by atoms with Crippen molar-refractivity contribution in [2.24, 2.45) is 0 Å². The Morgan fingerprint density at radius 1 is 0.955 bits per heavy atom. The summed E-state index contributed by atoms with van der Waals surface area (Å²) in [6.07, 6.45) is 1.83. The van der Waals surface area contributed by atoms with Crippen LogP contribution in [0.4, 0.5) is 5.69 Å². The van der Waals surface area contributed by atoms with Gasteiger partial charge >= 0.3 is 0 Å². The largest absolute Gasteiger partial charge is 0.393 e. The van der Waals surface area contributed by atoms with Gasteiger partial charge < -0.3 is 5.11 Å². The van der Waals surface area contributed by atoms with Gasteiger partial charge in [-0.1, -0.05) is 18.2 Å². The van der Waals surface area contributed by atoms with Crippen LogP contribution in [-0.2, 0) is 12.8 Å². The van der Waals surface area contributed by atoms with E-state index in [1.807, 2.05) is 12.1 Å². The number of rotatable bonds is 1. The van der Waals surface area contributed by atoms with Crippen molar-refractivity contribution in [1.29, 1.82) is 0 Å². The third-order valence-electron chi connectivity index (χ3n) is 4.44. The fourth-order valence-corrected chi connectivity index (χ4v) is 3.29. The lowest BCUT2D eigenvalue weighted by molar-refractivity contribution is 0.0926. The summed E-state index contributed by atoms with van der Waals surface area (Å²) in [4.78, 5) is 26.2. The van der Waals surface area contributed by atoms with Crippen LogP contribution in [0, 0.1) is 0 Å². The van der Waals surface area contributed by atoms with Crippen molar-refractivity contribution in [3.05, 3.63) is 64.7 Å². The van der Waals surface area contributed by atoms with E-state index in [0.29, 0.717) is 23.2 Å². The molecule has 1 atom stereocenters. The van der Waals surface area contributed by atoms with Crippen molar-refractivity contribution >= 4 is 17.5 Å². The number of carbonyl (C=O) groups excluding carboxylic acids is 2. The third-order valence-corrected chi connectivity index (χ3v) is 4.44. The van der Waals surface area contributed by atoms with E-state index in [-0.39, 0.29) is 17.9 Å². The molecule has 4 nitrogen and oxygen atoms in total. The van der Waals surface area contributed by atoms with Gasteiger partial charge in [0.15, 0.2) is 0 Å². The van der Waals surface area contributed by atoms with Crippen LogP contribution in [0.1, 0.15) is 38.3 Å². The lowest BCUT2D eigenvalue weighted by Gasteiger charge is -2.23. The molecule has 0 radical (unpaired) electrons. The maximum Gasteiger partial charge on any atom is 0.266 e. The summed E-state index contributed by atoms with van der Waals surface area (Å²) in [6, 6.07) is 12.5. The predicted molar refractivity (Wildman–Crippen MR) is 82.1 cm³/mol. The van der Waals surface area contributed by atoms with E-state index in [1.54, 1.807) is 30.3 Å². The lowest BCUT2D eigenvalue weighted by Crippen LogP contribution is -2.29. The molecular weight excluding hydrogens is 278 g/mol. The second kappa shape index (κ2) is 4.78. The minimum Gasteiger partial charge on any atom is -0.393 e. The van der Waals surface area contributed by atoms with Gasteiger partial charge in [0.25, 0.3) is 11.8 Å². The van der Waals surface area contributed by atoms with Gasteiger partial charge in [0.1, 0.15) is 0 Å². The van der Waals surface area contributed by atoms with E-state index >= 15 is 0 Å². The summed E-state index contributed by atoms with van der Waals surface area (Å²) in [5.74, 6) is -0.534. The van der Waals surface area contributed by atoms with Gasteiger partial charge in [-0.25, -0.2) is 4.90 Å².